The summed E-state index contributed by atoms with van der Waals surface area (Å²) in [5.41, 5.74) is 1.65. The van der Waals surface area contributed by atoms with Crippen molar-refractivity contribution in [3.63, 3.8) is 0 Å². The van der Waals surface area contributed by atoms with Crippen LogP contribution in [0.15, 0.2) is 48.5 Å². The predicted octanol–water partition coefficient (Wildman–Crippen LogP) is 4.22. The average Bonchev–Trinajstić information content (AvgIpc) is 2.68. The van der Waals surface area contributed by atoms with E-state index in [0.29, 0.717) is 28.6 Å². The van der Waals surface area contributed by atoms with Crippen LogP contribution in [-0.4, -0.2) is 35.9 Å². The van der Waals surface area contributed by atoms with E-state index in [2.05, 4.69) is 10.6 Å². The van der Waals surface area contributed by atoms with E-state index in [9.17, 15) is 14.4 Å². The molecule has 0 fully saturated rings. The molecule has 0 spiro atoms. The van der Waals surface area contributed by atoms with Crippen LogP contribution in [0.1, 0.15) is 23.7 Å². The van der Waals surface area contributed by atoms with Crippen molar-refractivity contribution in [3.05, 3.63) is 59.1 Å². The highest BCUT2D eigenvalue weighted by Gasteiger charge is 2.09. The molecule has 148 valence electrons. The smallest absolute Gasteiger partial charge is 0.338 e. The number of esters is 1. The highest BCUT2D eigenvalue weighted by molar-refractivity contribution is 8.00. The van der Waals surface area contributed by atoms with Gasteiger partial charge >= 0.3 is 5.97 Å². The average molecular weight is 421 g/mol. The minimum atomic E-state index is -0.387. The first-order valence-electron chi connectivity index (χ1n) is 8.68. The molecule has 2 aromatic carbocycles. The first-order chi connectivity index (χ1) is 13.5. The largest absolute Gasteiger partial charge is 0.462 e. The van der Waals surface area contributed by atoms with Crippen molar-refractivity contribution < 1.29 is 19.1 Å². The van der Waals surface area contributed by atoms with Crippen LogP contribution in [0.3, 0.4) is 0 Å². The Kier molecular flexibility index (Phi) is 8.84. The van der Waals surface area contributed by atoms with Crippen molar-refractivity contribution >= 4 is 52.5 Å². The molecular formula is C20H21ClN2O4S. The van der Waals surface area contributed by atoms with E-state index in [1.54, 1.807) is 48.5 Å². The number of halogens is 1. The molecule has 6 nitrogen and oxygen atoms in total. The Bertz CT molecular complexity index is 810. The van der Waals surface area contributed by atoms with E-state index in [0.717, 1.165) is 6.42 Å². The van der Waals surface area contributed by atoms with Gasteiger partial charge in [-0.05, 0) is 55.0 Å². The maximum atomic E-state index is 12.0. The van der Waals surface area contributed by atoms with Gasteiger partial charge in [-0.2, -0.15) is 0 Å². The Morgan fingerprint density at radius 2 is 1.39 bits per heavy atom. The van der Waals surface area contributed by atoms with Gasteiger partial charge in [0.2, 0.25) is 11.8 Å². The Labute approximate surface area is 173 Å². The minimum absolute atomic E-state index is 0.133. The van der Waals surface area contributed by atoms with Crippen molar-refractivity contribution in [2.45, 2.75) is 13.3 Å². The first kappa shape index (κ1) is 21.8. The summed E-state index contributed by atoms with van der Waals surface area (Å²) in [6.07, 6.45) is 0.759. The fourth-order valence-corrected chi connectivity index (χ4v) is 2.87. The molecule has 0 radical (unpaired) electrons. The van der Waals surface area contributed by atoms with Crippen LogP contribution in [-0.2, 0) is 14.3 Å². The number of thioether (sulfide) groups is 1. The zero-order valence-electron chi connectivity index (χ0n) is 15.4. The first-order valence-corrected chi connectivity index (χ1v) is 10.2. The number of hydrogen-bond donors (Lipinski definition) is 2. The highest BCUT2D eigenvalue weighted by Crippen LogP contribution is 2.14. The van der Waals surface area contributed by atoms with Gasteiger partial charge in [-0.3, -0.25) is 9.59 Å². The topological polar surface area (TPSA) is 84.5 Å². The molecule has 28 heavy (non-hydrogen) atoms. The van der Waals surface area contributed by atoms with Crippen LogP contribution < -0.4 is 10.6 Å². The molecule has 2 rings (SSSR count). The molecule has 0 bridgehead atoms. The monoisotopic (exact) mass is 420 g/mol. The molecule has 0 atom stereocenters. The van der Waals surface area contributed by atoms with Crippen molar-refractivity contribution in [2.75, 3.05) is 28.7 Å². The summed E-state index contributed by atoms with van der Waals surface area (Å²) < 4.78 is 5.05. The number of benzene rings is 2. The van der Waals surface area contributed by atoms with Crippen LogP contribution in [0.5, 0.6) is 0 Å². The van der Waals surface area contributed by atoms with E-state index < -0.39 is 0 Å². The summed E-state index contributed by atoms with van der Waals surface area (Å²) in [6.45, 7) is 2.30. The zero-order valence-corrected chi connectivity index (χ0v) is 16.9. The second-order valence-electron chi connectivity index (χ2n) is 5.81. The third-order valence-electron chi connectivity index (χ3n) is 3.44. The molecule has 8 heteroatoms. The number of carbonyl (C=O) groups excluding carboxylic acids is 3. The number of ether oxygens (including phenoxy) is 1. The summed E-state index contributed by atoms with van der Waals surface area (Å²) in [4.78, 5) is 35.6. The number of amides is 2. The maximum Gasteiger partial charge on any atom is 0.338 e. The second-order valence-corrected chi connectivity index (χ2v) is 7.23. The lowest BCUT2D eigenvalue weighted by Gasteiger charge is -2.07. The molecule has 0 aromatic heterocycles. The predicted molar refractivity (Wildman–Crippen MR) is 113 cm³/mol. The standard InChI is InChI=1S/C20H21ClN2O4S/c1-2-11-27-20(26)14-3-7-16(8-4-14)22-18(24)12-28-13-19(25)23-17-9-5-15(21)6-10-17/h3-10H,2,11-13H2,1H3,(H,22,24)(H,23,25). The molecule has 0 aliphatic heterocycles. The van der Waals surface area contributed by atoms with Crippen molar-refractivity contribution in [1.82, 2.24) is 0 Å². The molecule has 0 aliphatic rings. The van der Waals surface area contributed by atoms with E-state index >= 15 is 0 Å². The van der Waals surface area contributed by atoms with Gasteiger partial charge in [-0.15, -0.1) is 11.8 Å². The molecule has 0 aliphatic carbocycles. The molecule has 0 unspecified atom stereocenters. The number of hydrogen-bond acceptors (Lipinski definition) is 5. The van der Waals surface area contributed by atoms with Gasteiger partial charge in [0, 0.05) is 16.4 Å². The quantitative estimate of drug-likeness (QED) is 0.593. The summed E-state index contributed by atoms with van der Waals surface area (Å²) in [6, 6.07) is 13.3. The fraction of sp³-hybridized carbons (Fsp3) is 0.250. The number of nitrogens with one attached hydrogen (secondary N) is 2. The van der Waals surface area contributed by atoms with E-state index in [4.69, 9.17) is 16.3 Å². The van der Waals surface area contributed by atoms with E-state index in [1.807, 2.05) is 6.92 Å². The van der Waals surface area contributed by atoms with Crippen LogP contribution in [0.4, 0.5) is 11.4 Å². The molecule has 2 N–H and O–H groups in total. The van der Waals surface area contributed by atoms with Gasteiger partial charge < -0.3 is 15.4 Å². The van der Waals surface area contributed by atoms with Crippen molar-refractivity contribution in [2.24, 2.45) is 0 Å². The summed E-state index contributed by atoms with van der Waals surface area (Å²) in [5, 5.41) is 6.05. The highest BCUT2D eigenvalue weighted by atomic mass is 35.5. The minimum Gasteiger partial charge on any atom is -0.462 e. The SMILES string of the molecule is CCCOC(=O)c1ccc(NC(=O)CSCC(=O)Nc2ccc(Cl)cc2)cc1. The van der Waals surface area contributed by atoms with Crippen LogP contribution in [0, 0.1) is 0 Å². The van der Waals surface area contributed by atoms with Crippen LogP contribution >= 0.6 is 23.4 Å². The summed E-state index contributed by atoms with van der Waals surface area (Å²) in [5.74, 6) is -0.533. The number of rotatable bonds is 9. The van der Waals surface area contributed by atoms with Crippen LogP contribution in [0.2, 0.25) is 5.02 Å². The Hall–Kier alpha value is -2.51. The summed E-state index contributed by atoms with van der Waals surface area (Å²) >= 11 is 7.00. The van der Waals surface area contributed by atoms with E-state index in [-0.39, 0.29) is 29.3 Å². The van der Waals surface area contributed by atoms with Gasteiger partial charge in [0.25, 0.3) is 0 Å². The lowest BCUT2D eigenvalue weighted by Crippen LogP contribution is -2.18. The third kappa shape index (κ3) is 7.62. The van der Waals surface area contributed by atoms with Gasteiger partial charge in [0.15, 0.2) is 0 Å². The van der Waals surface area contributed by atoms with Crippen molar-refractivity contribution in [3.8, 4) is 0 Å². The van der Waals surface area contributed by atoms with E-state index in [1.165, 1.54) is 11.8 Å². The Morgan fingerprint density at radius 1 is 0.893 bits per heavy atom. The maximum absolute atomic E-state index is 12.0. The van der Waals surface area contributed by atoms with Crippen molar-refractivity contribution in [1.29, 1.82) is 0 Å². The second kappa shape index (κ2) is 11.4. The zero-order chi connectivity index (χ0) is 20.4. The number of anilines is 2. The molecule has 0 heterocycles. The lowest BCUT2D eigenvalue weighted by molar-refractivity contribution is -0.114. The van der Waals surface area contributed by atoms with Crippen LogP contribution in [0.25, 0.3) is 0 Å². The Morgan fingerprint density at radius 3 is 1.89 bits per heavy atom. The molecule has 0 saturated carbocycles. The fourth-order valence-electron chi connectivity index (χ4n) is 2.13. The lowest BCUT2D eigenvalue weighted by atomic mass is 10.2. The molecule has 2 aromatic rings. The summed E-state index contributed by atoms with van der Waals surface area (Å²) in [7, 11) is 0. The molecule has 0 saturated heterocycles. The number of carbonyl (C=O) groups is 3. The third-order valence-corrected chi connectivity index (χ3v) is 4.62. The van der Waals surface area contributed by atoms with Gasteiger partial charge in [0.05, 0.1) is 23.7 Å². The van der Waals surface area contributed by atoms with Gasteiger partial charge in [-0.25, -0.2) is 4.79 Å². The van der Waals surface area contributed by atoms with Gasteiger partial charge in [0.1, 0.15) is 0 Å². The normalized spacial score (nSPS) is 10.2. The molecular weight excluding hydrogens is 400 g/mol. The molecule has 2 amide bonds. The Balaban J connectivity index is 1.71. The van der Waals surface area contributed by atoms with Gasteiger partial charge in [-0.1, -0.05) is 18.5 Å².